The van der Waals surface area contributed by atoms with Crippen LogP contribution in [-0.2, 0) is 22.6 Å². The molecular weight excluding hydrogens is 429 g/mol. The highest BCUT2D eigenvalue weighted by Gasteiger charge is 2.43. The fraction of sp³-hybridized carbons (Fsp3) is 0.333. The number of nitrogens with one attached hydrogen (secondary N) is 1. The highest BCUT2D eigenvalue weighted by molar-refractivity contribution is 5.76. The van der Waals surface area contributed by atoms with Crippen molar-refractivity contribution in [2.75, 3.05) is 6.54 Å². The third-order valence-electron chi connectivity index (χ3n) is 5.00. The number of aryl methyl sites for hydroxylation is 2. The van der Waals surface area contributed by atoms with E-state index >= 15 is 0 Å². The van der Waals surface area contributed by atoms with Gasteiger partial charge in [0.2, 0.25) is 5.88 Å². The van der Waals surface area contributed by atoms with Gasteiger partial charge in [-0.15, -0.1) is 0 Å². The van der Waals surface area contributed by atoms with E-state index < -0.39 is 18.4 Å². The molecule has 0 amide bonds. The summed E-state index contributed by atoms with van der Waals surface area (Å²) in [5.41, 5.74) is 4.03. The van der Waals surface area contributed by atoms with Crippen molar-refractivity contribution in [1.82, 2.24) is 20.4 Å². The lowest BCUT2D eigenvalue weighted by molar-refractivity contribution is -0.207. The molecule has 4 rings (SSSR count). The number of hydrogen-bond acceptors (Lipinski definition) is 8. The molecule has 1 aliphatic rings. The number of carbonyl (C=O) groups is 1. The molecule has 0 spiro atoms. The van der Waals surface area contributed by atoms with Crippen molar-refractivity contribution in [3.63, 3.8) is 0 Å². The molecular formula is C21H19F3N4O4. The minimum Gasteiger partial charge on any atom is -0.473 e. The van der Waals surface area contributed by atoms with Crippen LogP contribution in [-0.4, -0.2) is 33.8 Å². The predicted molar refractivity (Wildman–Crippen MR) is 104 cm³/mol. The summed E-state index contributed by atoms with van der Waals surface area (Å²) in [6.45, 7) is 4.10. The molecule has 0 fully saturated rings. The molecule has 3 aromatic rings. The molecule has 11 heteroatoms. The van der Waals surface area contributed by atoms with Crippen LogP contribution in [0.15, 0.2) is 35.1 Å². The Balaban J connectivity index is 1.50. The van der Waals surface area contributed by atoms with Crippen LogP contribution in [0.3, 0.4) is 0 Å². The Kier molecular flexibility index (Phi) is 5.83. The number of aromatic nitrogens is 3. The summed E-state index contributed by atoms with van der Waals surface area (Å²) in [6.07, 6.45) is -2.74. The Morgan fingerprint density at radius 3 is 2.78 bits per heavy atom. The zero-order valence-electron chi connectivity index (χ0n) is 17.2. The standard InChI is InChI=1S/C21H19F3N4O4/c1-11-3-4-14(8-26-11)18-16(12(2)32-28-18)10-30-17-7-13-5-6-25-19(15(13)9-27-17)31-20(29)21(22,23)24/h3-4,7-9,19,25H,5-6,10H2,1-2H3. The van der Waals surface area contributed by atoms with Crippen molar-refractivity contribution < 1.29 is 32.0 Å². The van der Waals surface area contributed by atoms with Gasteiger partial charge in [0, 0.05) is 41.8 Å². The molecule has 0 bridgehead atoms. The van der Waals surface area contributed by atoms with Gasteiger partial charge in [-0.3, -0.25) is 10.3 Å². The van der Waals surface area contributed by atoms with Gasteiger partial charge in [0.15, 0.2) is 6.23 Å². The number of alkyl halides is 3. The Morgan fingerprint density at radius 2 is 2.06 bits per heavy atom. The smallest absolute Gasteiger partial charge is 0.473 e. The number of carbonyl (C=O) groups excluding carboxylic acids is 1. The highest BCUT2D eigenvalue weighted by atomic mass is 19.4. The second-order valence-corrected chi connectivity index (χ2v) is 7.25. The summed E-state index contributed by atoms with van der Waals surface area (Å²) in [5, 5.41) is 6.83. The lowest BCUT2D eigenvalue weighted by atomic mass is 10.0. The molecule has 1 atom stereocenters. The van der Waals surface area contributed by atoms with E-state index in [1.807, 2.05) is 19.1 Å². The molecule has 0 saturated heterocycles. The number of nitrogens with zero attached hydrogens (tertiary/aromatic N) is 3. The minimum absolute atomic E-state index is 0.120. The van der Waals surface area contributed by atoms with Gasteiger partial charge in [-0.25, -0.2) is 9.78 Å². The fourth-order valence-corrected chi connectivity index (χ4v) is 3.29. The number of esters is 1. The highest BCUT2D eigenvalue weighted by Crippen LogP contribution is 2.30. The maximum Gasteiger partial charge on any atom is 0.490 e. The van der Waals surface area contributed by atoms with Crippen LogP contribution in [0.4, 0.5) is 13.2 Å². The Bertz CT molecular complexity index is 1130. The second kappa shape index (κ2) is 8.58. The number of fused-ring (bicyclic) bond motifs is 1. The fourth-order valence-electron chi connectivity index (χ4n) is 3.29. The molecule has 3 aromatic heterocycles. The zero-order valence-corrected chi connectivity index (χ0v) is 17.2. The number of ether oxygens (including phenoxy) is 2. The molecule has 1 aliphatic heterocycles. The Labute approximate surface area is 180 Å². The van der Waals surface area contributed by atoms with Gasteiger partial charge in [-0.2, -0.15) is 13.2 Å². The van der Waals surface area contributed by atoms with Gasteiger partial charge in [0.25, 0.3) is 0 Å². The molecule has 0 saturated carbocycles. The van der Waals surface area contributed by atoms with Crippen molar-refractivity contribution in [2.45, 2.75) is 39.3 Å². The second-order valence-electron chi connectivity index (χ2n) is 7.25. The first-order chi connectivity index (χ1) is 15.2. The molecule has 8 nitrogen and oxygen atoms in total. The Hall–Kier alpha value is -3.47. The average Bonchev–Trinajstić information content (AvgIpc) is 3.12. The summed E-state index contributed by atoms with van der Waals surface area (Å²) in [6, 6.07) is 5.38. The predicted octanol–water partition coefficient (Wildman–Crippen LogP) is 3.58. The van der Waals surface area contributed by atoms with Crippen molar-refractivity contribution in [1.29, 1.82) is 0 Å². The SMILES string of the molecule is Cc1ccc(-c2noc(C)c2COc2cc3c(cn2)C(OC(=O)C(F)(F)F)NCC3)cn1. The van der Waals surface area contributed by atoms with E-state index in [-0.39, 0.29) is 12.5 Å². The van der Waals surface area contributed by atoms with Crippen molar-refractivity contribution in [2.24, 2.45) is 0 Å². The zero-order chi connectivity index (χ0) is 22.9. The number of halogens is 3. The van der Waals surface area contributed by atoms with E-state index in [0.29, 0.717) is 35.5 Å². The monoisotopic (exact) mass is 448 g/mol. The average molecular weight is 448 g/mol. The maximum absolute atomic E-state index is 12.5. The van der Waals surface area contributed by atoms with Gasteiger partial charge in [-0.1, -0.05) is 5.16 Å². The summed E-state index contributed by atoms with van der Waals surface area (Å²) in [7, 11) is 0. The number of hydrogen-bond donors (Lipinski definition) is 1. The Morgan fingerprint density at radius 1 is 1.25 bits per heavy atom. The van der Waals surface area contributed by atoms with Crippen LogP contribution < -0.4 is 10.1 Å². The summed E-state index contributed by atoms with van der Waals surface area (Å²) in [4.78, 5) is 19.6. The van der Waals surface area contributed by atoms with Crippen LogP contribution in [0.5, 0.6) is 5.88 Å². The van der Waals surface area contributed by atoms with Gasteiger partial charge in [0.05, 0.1) is 5.56 Å². The van der Waals surface area contributed by atoms with Crippen LogP contribution in [0.25, 0.3) is 11.3 Å². The topological polar surface area (TPSA) is 99.4 Å². The van der Waals surface area contributed by atoms with Crippen molar-refractivity contribution in [3.8, 4) is 17.1 Å². The molecule has 168 valence electrons. The van der Waals surface area contributed by atoms with Crippen LogP contribution in [0.1, 0.15) is 34.4 Å². The van der Waals surface area contributed by atoms with E-state index in [1.165, 1.54) is 6.20 Å². The normalized spacial score (nSPS) is 15.8. The largest absolute Gasteiger partial charge is 0.490 e. The van der Waals surface area contributed by atoms with E-state index in [2.05, 4.69) is 25.2 Å². The van der Waals surface area contributed by atoms with Crippen molar-refractivity contribution in [3.05, 3.63) is 58.7 Å². The molecule has 1 unspecified atom stereocenters. The van der Waals surface area contributed by atoms with Crippen LogP contribution >= 0.6 is 0 Å². The lowest BCUT2D eigenvalue weighted by Gasteiger charge is -2.26. The summed E-state index contributed by atoms with van der Waals surface area (Å²) in [5.74, 6) is -1.40. The third-order valence-corrected chi connectivity index (χ3v) is 5.00. The van der Waals surface area contributed by atoms with E-state index in [0.717, 1.165) is 16.8 Å². The lowest BCUT2D eigenvalue weighted by Crippen LogP contribution is -2.37. The number of pyridine rings is 2. The van der Waals surface area contributed by atoms with E-state index in [4.69, 9.17) is 9.26 Å². The van der Waals surface area contributed by atoms with Gasteiger partial charge < -0.3 is 14.0 Å². The first-order valence-corrected chi connectivity index (χ1v) is 9.73. The number of rotatable bonds is 5. The van der Waals surface area contributed by atoms with Gasteiger partial charge in [0.1, 0.15) is 18.1 Å². The van der Waals surface area contributed by atoms with E-state index in [9.17, 15) is 18.0 Å². The first-order valence-electron chi connectivity index (χ1n) is 9.73. The van der Waals surface area contributed by atoms with E-state index in [1.54, 1.807) is 19.2 Å². The molecule has 1 N–H and O–H groups in total. The van der Waals surface area contributed by atoms with Gasteiger partial charge >= 0.3 is 12.1 Å². The van der Waals surface area contributed by atoms with Crippen LogP contribution in [0.2, 0.25) is 0 Å². The van der Waals surface area contributed by atoms with Crippen molar-refractivity contribution >= 4 is 5.97 Å². The quantitative estimate of drug-likeness (QED) is 0.592. The van der Waals surface area contributed by atoms with Gasteiger partial charge in [-0.05, 0) is 38.0 Å². The van der Waals surface area contributed by atoms with Crippen LogP contribution in [0, 0.1) is 13.8 Å². The summed E-state index contributed by atoms with van der Waals surface area (Å²) >= 11 is 0. The molecule has 4 heterocycles. The minimum atomic E-state index is -5.07. The first kappa shape index (κ1) is 21.8. The summed E-state index contributed by atoms with van der Waals surface area (Å²) < 4.78 is 53.3. The molecule has 0 aromatic carbocycles. The molecule has 32 heavy (non-hydrogen) atoms. The third kappa shape index (κ3) is 4.57. The maximum atomic E-state index is 12.5. The molecule has 0 radical (unpaired) electrons. The molecule has 0 aliphatic carbocycles.